The molecule has 0 aromatic heterocycles. The minimum atomic E-state index is -0.714. The molecule has 3 N–H and O–H groups in total. The van der Waals surface area contributed by atoms with Gasteiger partial charge in [-0.1, -0.05) is 48.5 Å². The fourth-order valence-corrected chi connectivity index (χ4v) is 6.12. The second-order valence-electron chi connectivity index (χ2n) is 10.0. The van der Waals surface area contributed by atoms with Crippen molar-refractivity contribution in [2.45, 2.75) is 50.5 Å². The van der Waals surface area contributed by atoms with Crippen molar-refractivity contribution in [1.29, 1.82) is 0 Å². The van der Waals surface area contributed by atoms with Gasteiger partial charge >= 0.3 is 12.1 Å². The highest BCUT2D eigenvalue weighted by Crippen LogP contribution is 2.49. The van der Waals surface area contributed by atoms with Crippen LogP contribution in [0.2, 0.25) is 0 Å². The van der Waals surface area contributed by atoms with E-state index in [0.717, 1.165) is 12.8 Å². The molecule has 35 heavy (non-hydrogen) atoms. The Bertz CT molecular complexity index is 1070. The van der Waals surface area contributed by atoms with E-state index in [1.165, 1.54) is 22.3 Å². The lowest BCUT2D eigenvalue weighted by molar-refractivity contribution is -0.141. The molecule has 2 aromatic rings. The number of benzene rings is 2. The van der Waals surface area contributed by atoms with E-state index in [2.05, 4.69) is 34.9 Å². The van der Waals surface area contributed by atoms with E-state index in [1.807, 2.05) is 24.3 Å². The van der Waals surface area contributed by atoms with Gasteiger partial charge in [0, 0.05) is 24.9 Å². The molecule has 0 aliphatic heterocycles. The first kappa shape index (κ1) is 23.4. The number of fused-ring (bicyclic) bond motifs is 4. The zero-order chi connectivity index (χ0) is 24.4. The van der Waals surface area contributed by atoms with Crippen LogP contribution in [0, 0.1) is 17.8 Å². The summed E-state index contributed by atoms with van der Waals surface area (Å²) in [6, 6.07) is 16.6. The summed E-state index contributed by atoms with van der Waals surface area (Å²) >= 11 is 0. The minimum absolute atomic E-state index is 0.00775. The van der Waals surface area contributed by atoms with Gasteiger partial charge in [-0.15, -0.1) is 0 Å². The Kier molecular flexibility index (Phi) is 6.75. The number of rotatable bonds is 9. The predicted octanol–water partition coefficient (Wildman–Crippen LogP) is 4.31. The van der Waals surface area contributed by atoms with Crippen LogP contribution < -0.4 is 10.6 Å². The topological polar surface area (TPSA) is 105 Å². The molecule has 2 saturated carbocycles. The largest absolute Gasteiger partial charge is 0.481 e. The Balaban J connectivity index is 0.983. The molecule has 0 spiro atoms. The maximum atomic E-state index is 12.3. The number of amides is 2. The van der Waals surface area contributed by atoms with Crippen LogP contribution in [0.1, 0.15) is 55.6 Å². The first-order valence-corrected chi connectivity index (χ1v) is 12.6. The summed E-state index contributed by atoms with van der Waals surface area (Å²) in [6.07, 6.45) is 3.64. The normalized spacial score (nSPS) is 24.0. The first-order valence-electron chi connectivity index (χ1n) is 12.6. The SMILES string of the molecule is O=C(CCCCNC(=O)OCC1c2ccccc2-c2ccccc21)N[C@@H]1C[C@@H]2CC(C(=O)O)C[C@@H]21. The summed E-state index contributed by atoms with van der Waals surface area (Å²) in [4.78, 5) is 35.7. The molecule has 3 aliphatic carbocycles. The van der Waals surface area contributed by atoms with Crippen molar-refractivity contribution in [2.24, 2.45) is 17.8 Å². The highest BCUT2D eigenvalue weighted by atomic mass is 16.5. The molecular weight excluding hydrogens is 444 g/mol. The van der Waals surface area contributed by atoms with Crippen LogP contribution in [0.3, 0.4) is 0 Å². The quantitative estimate of drug-likeness (QED) is 0.468. The fraction of sp³-hybridized carbons (Fsp3) is 0.464. The van der Waals surface area contributed by atoms with Crippen LogP contribution in [0.5, 0.6) is 0 Å². The average Bonchev–Trinajstić information content (AvgIpc) is 3.36. The van der Waals surface area contributed by atoms with E-state index in [4.69, 9.17) is 4.74 Å². The van der Waals surface area contributed by atoms with E-state index in [9.17, 15) is 19.5 Å². The molecule has 7 heteroatoms. The first-order chi connectivity index (χ1) is 17.0. The maximum Gasteiger partial charge on any atom is 0.407 e. The maximum absolute atomic E-state index is 12.3. The Hall–Kier alpha value is -3.35. The van der Waals surface area contributed by atoms with Crippen molar-refractivity contribution < 1.29 is 24.2 Å². The molecule has 5 rings (SSSR count). The van der Waals surface area contributed by atoms with Crippen molar-refractivity contribution in [3.05, 3.63) is 59.7 Å². The minimum Gasteiger partial charge on any atom is -0.481 e. The number of carboxylic acids is 1. The summed E-state index contributed by atoms with van der Waals surface area (Å²) < 4.78 is 5.54. The number of aliphatic carboxylic acids is 1. The number of hydrogen-bond donors (Lipinski definition) is 3. The lowest BCUT2D eigenvalue weighted by Gasteiger charge is -2.40. The van der Waals surface area contributed by atoms with Gasteiger partial charge in [-0.05, 0) is 66.2 Å². The summed E-state index contributed by atoms with van der Waals surface area (Å²) in [5.74, 6) is -0.163. The van der Waals surface area contributed by atoms with Crippen molar-refractivity contribution >= 4 is 18.0 Å². The van der Waals surface area contributed by atoms with E-state index < -0.39 is 12.1 Å². The Morgan fingerprint density at radius 2 is 1.60 bits per heavy atom. The molecule has 7 nitrogen and oxygen atoms in total. The smallest absolute Gasteiger partial charge is 0.407 e. The van der Waals surface area contributed by atoms with Gasteiger partial charge in [0.05, 0.1) is 5.92 Å². The van der Waals surface area contributed by atoms with Crippen LogP contribution in [0.4, 0.5) is 4.79 Å². The molecular formula is C28H32N2O5. The molecule has 0 saturated heterocycles. The number of nitrogens with one attached hydrogen (secondary N) is 2. The third kappa shape index (κ3) is 4.90. The highest BCUT2D eigenvalue weighted by molar-refractivity contribution is 5.79. The van der Waals surface area contributed by atoms with Gasteiger partial charge < -0.3 is 20.5 Å². The third-order valence-electron chi connectivity index (χ3n) is 7.96. The molecule has 2 aromatic carbocycles. The standard InChI is InChI=1S/C28H32N2O5/c31-26(30-25-15-17-13-18(27(32)33)14-23(17)25)11-5-6-12-29-28(34)35-16-24-21-9-3-1-7-19(21)20-8-2-4-10-22(20)24/h1-4,7-10,17-18,23-25H,5-6,11-16H2,(H,29,34)(H,30,31)(H,32,33)/t17-,18?,23-,25+/m0/s1. The molecule has 0 heterocycles. The number of hydrogen-bond acceptors (Lipinski definition) is 4. The Labute approximate surface area is 205 Å². The van der Waals surface area contributed by atoms with Gasteiger partial charge in [-0.3, -0.25) is 9.59 Å². The summed E-state index contributed by atoms with van der Waals surface area (Å²) in [7, 11) is 0. The van der Waals surface area contributed by atoms with Gasteiger partial charge in [-0.25, -0.2) is 4.79 Å². The number of carbonyl (C=O) groups is 3. The van der Waals surface area contributed by atoms with E-state index >= 15 is 0 Å². The van der Waals surface area contributed by atoms with Crippen molar-refractivity contribution in [3.8, 4) is 11.1 Å². The monoisotopic (exact) mass is 476 g/mol. The van der Waals surface area contributed by atoms with Crippen LogP contribution in [0.15, 0.2) is 48.5 Å². The van der Waals surface area contributed by atoms with E-state index in [1.54, 1.807) is 0 Å². The Morgan fingerprint density at radius 3 is 2.29 bits per heavy atom. The molecule has 3 aliphatic rings. The summed E-state index contributed by atoms with van der Waals surface area (Å²) in [6.45, 7) is 0.743. The zero-order valence-electron chi connectivity index (χ0n) is 19.7. The second kappa shape index (κ2) is 10.1. The lowest BCUT2D eigenvalue weighted by Crippen LogP contribution is -2.50. The molecule has 0 bridgehead atoms. The van der Waals surface area contributed by atoms with Crippen LogP contribution in [-0.4, -0.2) is 42.3 Å². The van der Waals surface area contributed by atoms with Crippen LogP contribution in [-0.2, 0) is 14.3 Å². The third-order valence-corrected chi connectivity index (χ3v) is 7.96. The van der Waals surface area contributed by atoms with Crippen molar-refractivity contribution in [1.82, 2.24) is 10.6 Å². The van der Waals surface area contributed by atoms with Gasteiger partial charge in [0.2, 0.25) is 5.91 Å². The number of carbonyl (C=O) groups excluding carboxylic acids is 2. The molecule has 2 fully saturated rings. The predicted molar refractivity (Wildman–Crippen MR) is 131 cm³/mol. The molecule has 1 unspecified atom stereocenters. The second-order valence-corrected chi connectivity index (χ2v) is 10.0. The number of carboxylic acid groups (broad SMARTS) is 1. The molecule has 2 amide bonds. The fourth-order valence-electron chi connectivity index (χ4n) is 6.12. The molecule has 4 atom stereocenters. The number of alkyl carbamates (subject to hydrolysis) is 1. The number of unbranched alkanes of at least 4 members (excludes halogenated alkanes) is 1. The zero-order valence-corrected chi connectivity index (χ0v) is 19.7. The molecule has 0 radical (unpaired) electrons. The van der Waals surface area contributed by atoms with E-state index in [0.29, 0.717) is 44.1 Å². The lowest BCUT2D eigenvalue weighted by atomic mass is 9.71. The average molecular weight is 477 g/mol. The van der Waals surface area contributed by atoms with Gasteiger partial charge in [0.1, 0.15) is 6.61 Å². The van der Waals surface area contributed by atoms with Crippen molar-refractivity contribution in [2.75, 3.05) is 13.2 Å². The summed E-state index contributed by atoms with van der Waals surface area (Å²) in [5, 5.41) is 15.1. The highest BCUT2D eigenvalue weighted by Gasteiger charge is 2.49. The Morgan fingerprint density at radius 1 is 0.914 bits per heavy atom. The van der Waals surface area contributed by atoms with Gasteiger partial charge in [-0.2, -0.15) is 0 Å². The van der Waals surface area contributed by atoms with Crippen LogP contribution >= 0.6 is 0 Å². The van der Waals surface area contributed by atoms with Gasteiger partial charge in [0.25, 0.3) is 0 Å². The van der Waals surface area contributed by atoms with Crippen molar-refractivity contribution in [3.63, 3.8) is 0 Å². The number of ether oxygens (including phenoxy) is 1. The van der Waals surface area contributed by atoms with E-state index in [-0.39, 0.29) is 30.4 Å². The van der Waals surface area contributed by atoms with Gasteiger partial charge in [0.15, 0.2) is 0 Å². The van der Waals surface area contributed by atoms with Crippen LogP contribution in [0.25, 0.3) is 11.1 Å². The molecule has 184 valence electrons. The summed E-state index contributed by atoms with van der Waals surface area (Å²) in [5.41, 5.74) is 4.76.